The molecule has 1 fully saturated rings. The number of fused-ring (bicyclic) bond motifs is 1. The largest absolute Gasteiger partial charge is 0.458 e. The van der Waals surface area contributed by atoms with Crippen molar-refractivity contribution in [1.29, 1.82) is 0 Å². The molecule has 2 aliphatic heterocycles. The number of sulfonamides is 1. The van der Waals surface area contributed by atoms with Gasteiger partial charge in [-0.05, 0) is 26.0 Å². The van der Waals surface area contributed by atoms with Gasteiger partial charge in [-0.3, -0.25) is 4.79 Å². The van der Waals surface area contributed by atoms with Gasteiger partial charge in [0.05, 0.1) is 4.90 Å². The lowest BCUT2D eigenvalue weighted by Crippen LogP contribution is -2.61. The summed E-state index contributed by atoms with van der Waals surface area (Å²) in [5.41, 5.74) is 1.20. The molecule has 0 radical (unpaired) electrons. The SMILES string of the molecule is CCO[C@H]1C[C@@H](OC(C)=O)C2=CN(N(C)C)C(=O)N(S(=O)(=O)c3ccc(C)cc3)[C@@H]2O1. The minimum atomic E-state index is -4.30. The molecule has 1 aromatic carbocycles. The summed E-state index contributed by atoms with van der Waals surface area (Å²) in [6.07, 6.45) is -1.37. The number of urea groups is 1. The normalized spacial score (nSPS) is 24.1. The molecule has 2 amide bonds. The third-order valence-electron chi connectivity index (χ3n) is 4.88. The van der Waals surface area contributed by atoms with Crippen LogP contribution in [0.3, 0.4) is 0 Å². The highest BCUT2D eigenvalue weighted by molar-refractivity contribution is 7.89. The van der Waals surface area contributed by atoms with Crippen LogP contribution in [0.4, 0.5) is 4.79 Å². The number of hydrogen-bond donors (Lipinski definition) is 0. The van der Waals surface area contributed by atoms with Gasteiger partial charge < -0.3 is 14.2 Å². The number of rotatable bonds is 6. The first-order chi connectivity index (χ1) is 14.6. The average Bonchev–Trinajstić information content (AvgIpc) is 2.67. The van der Waals surface area contributed by atoms with Crippen LogP contribution in [0.5, 0.6) is 0 Å². The van der Waals surface area contributed by atoms with E-state index >= 15 is 0 Å². The third-order valence-corrected chi connectivity index (χ3v) is 6.62. The van der Waals surface area contributed by atoms with Gasteiger partial charge in [0, 0.05) is 45.8 Å². The Morgan fingerprint density at radius 3 is 2.45 bits per heavy atom. The van der Waals surface area contributed by atoms with Crippen LogP contribution in [0.25, 0.3) is 0 Å². The van der Waals surface area contributed by atoms with Crippen molar-refractivity contribution >= 4 is 22.0 Å². The van der Waals surface area contributed by atoms with Crippen LogP contribution in [0, 0.1) is 6.92 Å². The summed E-state index contributed by atoms with van der Waals surface area (Å²) in [7, 11) is -1.11. The van der Waals surface area contributed by atoms with E-state index < -0.39 is 40.6 Å². The van der Waals surface area contributed by atoms with Crippen molar-refractivity contribution in [1.82, 2.24) is 14.3 Å². The minimum Gasteiger partial charge on any atom is -0.458 e. The minimum absolute atomic E-state index is 0.0578. The molecular weight excluding hydrogens is 426 g/mol. The molecule has 3 atom stereocenters. The fourth-order valence-corrected chi connectivity index (χ4v) is 4.85. The number of aryl methyl sites for hydroxylation is 1. The Kier molecular flexibility index (Phi) is 6.70. The van der Waals surface area contributed by atoms with E-state index in [0.717, 1.165) is 10.6 Å². The molecule has 0 aromatic heterocycles. The molecule has 0 bridgehead atoms. The number of esters is 1. The molecule has 0 aliphatic carbocycles. The Bertz CT molecular complexity index is 975. The van der Waals surface area contributed by atoms with Crippen LogP contribution in [0.1, 0.15) is 25.8 Å². The number of ether oxygens (including phenoxy) is 3. The van der Waals surface area contributed by atoms with E-state index in [4.69, 9.17) is 14.2 Å². The second-order valence-electron chi connectivity index (χ2n) is 7.42. The number of carbonyl (C=O) groups is 2. The summed E-state index contributed by atoms with van der Waals surface area (Å²) in [6.45, 7) is 5.15. The molecule has 3 rings (SSSR count). The summed E-state index contributed by atoms with van der Waals surface area (Å²) < 4.78 is 44.6. The van der Waals surface area contributed by atoms with Crippen molar-refractivity contribution in [2.75, 3.05) is 20.7 Å². The van der Waals surface area contributed by atoms with Gasteiger partial charge in [-0.1, -0.05) is 17.7 Å². The Hall–Kier alpha value is -2.47. The number of hydrogen-bond acceptors (Lipinski definition) is 8. The van der Waals surface area contributed by atoms with Crippen molar-refractivity contribution in [2.24, 2.45) is 0 Å². The van der Waals surface area contributed by atoms with E-state index in [1.54, 1.807) is 33.2 Å². The Labute approximate surface area is 182 Å². The van der Waals surface area contributed by atoms with Gasteiger partial charge in [-0.15, -0.1) is 0 Å². The van der Waals surface area contributed by atoms with E-state index in [1.807, 2.05) is 6.92 Å². The van der Waals surface area contributed by atoms with Gasteiger partial charge in [0.2, 0.25) is 0 Å². The predicted octanol–water partition coefficient (Wildman–Crippen LogP) is 1.82. The first kappa shape index (κ1) is 23.2. The standard InChI is InChI=1S/C20H27N3O7S/c1-6-28-18-11-17(29-14(3)24)16-12-22(21(4)5)20(25)23(19(16)30-18)31(26,27)15-9-7-13(2)8-10-15/h7-10,12,17-19H,6,11H2,1-5H3/t17-,18-,19-/m1/s1. The molecule has 0 saturated carbocycles. The number of hydrazine groups is 1. The lowest BCUT2D eigenvalue weighted by molar-refractivity contribution is -0.217. The summed E-state index contributed by atoms with van der Waals surface area (Å²) in [5.74, 6) is -0.539. The zero-order valence-corrected chi connectivity index (χ0v) is 19.0. The molecule has 1 aromatic rings. The van der Waals surface area contributed by atoms with Crippen LogP contribution < -0.4 is 0 Å². The molecule has 0 spiro atoms. The lowest BCUT2D eigenvalue weighted by Gasteiger charge is -2.46. The quantitative estimate of drug-likeness (QED) is 0.601. The van der Waals surface area contributed by atoms with Gasteiger partial charge in [-0.25, -0.2) is 23.2 Å². The summed E-state index contributed by atoms with van der Waals surface area (Å²) >= 11 is 0. The Balaban J connectivity index is 2.13. The molecule has 0 N–H and O–H groups in total. The highest BCUT2D eigenvalue weighted by Crippen LogP contribution is 2.37. The van der Waals surface area contributed by atoms with Gasteiger partial charge in [-0.2, -0.15) is 4.31 Å². The highest BCUT2D eigenvalue weighted by atomic mass is 32.2. The van der Waals surface area contributed by atoms with Crippen LogP contribution in [-0.4, -0.2) is 74.1 Å². The molecule has 2 aliphatic rings. The molecule has 170 valence electrons. The van der Waals surface area contributed by atoms with Gasteiger partial charge >= 0.3 is 12.0 Å². The van der Waals surface area contributed by atoms with E-state index in [2.05, 4.69) is 0 Å². The molecular formula is C20H27N3O7S. The average molecular weight is 454 g/mol. The summed E-state index contributed by atoms with van der Waals surface area (Å²) in [5, 5.41) is 2.57. The Morgan fingerprint density at radius 2 is 1.90 bits per heavy atom. The van der Waals surface area contributed by atoms with Gasteiger partial charge in [0.15, 0.2) is 12.5 Å². The van der Waals surface area contributed by atoms with E-state index in [1.165, 1.54) is 30.3 Å². The van der Waals surface area contributed by atoms with Gasteiger partial charge in [0.25, 0.3) is 10.0 Å². The van der Waals surface area contributed by atoms with Crippen LogP contribution in [0.2, 0.25) is 0 Å². The van der Waals surface area contributed by atoms with Crippen LogP contribution in [0.15, 0.2) is 40.9 Å². The summed E-state index contributed by atoms with van der Waals surface area (Å²) in [6, 6.07) is 5.34. The fourth-order valence-electron chi connectivity index (χ4n) is 3.43. The zero-order chi connectivity index (χ0) is 22.9. The van der Waals surface area contributed by atoms with Crippen molar-refractivity contribution in [3.05, 3.63) is 41.6 Å². The molecule has 1 saturated heterocycles. The second-order valence-corrected chi connectivity index (χ2v) is 9.24. The maximum Gasteiger partial charge on any atom is 0.355 e. The predicted molar refractivity (Wildman–Crippen MR) is 110 cm³/mol. The molecule has 31 heavy (non-hydrogen) atoms. The molecule has 10 nitrogen and oxygen atoms in total. The lowest BCUT2D eigenvalue weighted by atomic mass is 10.0. The fraction of sp³-hybridized carbons (Fsp3) is 0.500. The third kappa shape index (κ3) is 4.59. The smallest absolute Gasteiger partial charge is 0.355 e. The van der Waals surface area contributed by atoms with Crippen molar-refractivity contribution in [2.45, 2.75) is 50.7 Å². The van der Waals surface area contributed by atoms with Crippen LogP contribution >= 0.6 is 0 Å². The topological polar surface area (TPSA) is 106 Å². The number of carbonyl (C=O) groups excluding carboxylic acids is 2. The molecule has 2 heterocycles. The number of nitrogens with zero attached hydrogens (tertiary/aromatic N) is 3. The zero-order valence-electron chi connectivity index (χ0n) is 18.1. The second kappa shape index (κ2) is 8.95. The molecule has 0 unspecified atom stereocenters. The van der Waals surface area contributed by atoms with Crippen molar-refractivity contribution in [3.8, 4) is 0 Å². The Morgan fingerprint density at radius 1 is 1.26 bits per heavy atom. The highest BCUT2D eigenvalue weighted by Gasteiger charge is 2.50. The number of amides is 2. The van der Waals surface area contributed by atoms with Crippen molar-refractivity contribution in [3.63, 3.8) is 0 Å². The first-order valence-electron chi connectivity index (χ1n) is 9.83. The summed E-state index contributed by atoms with van der Waals surface area (Å²) in [4.78, 5) is 24.9. The first-order valence-corrected chi connectivity index (χ1v) is 11.3. The maximum absolute atomic E-state index is 13.5. The van der Waals surface area contributed by atoms with Gasteiger partial charge in [0.1, 0.15) is 6.10 Å². The van der Waals surface area contributed by atoms with Crippen LogP contribution in [-0.2, 0) is 29.0 Å². The molecule has 11 heteroatoms. The van der Waals surface area contributed by atoms with Crippen molar-refractivity contribution < 1.29 is 32.2 Å². The van der Waals surface area contributed by atoms with E-state index in [-0.39, 0.29) is 11.3 Å². The van der Waals surface area contributed by atoms with E-state index in [0.29, 0.717) is 16.5 Å². The van der Waals surface area contributed by atoms with E-state index in [9.17, 15) is 18.0 Å². The monoisotopic (exact) mass is 453 g/mol. The maximum atomic E-state index is 13.5. The number of benzene rings is 1.